The van der Waals surface area contributed by atoms with Crippen molar-refractivity contribution in [3.8, 4) is 0 Å². The van der Waals surface area contributed by atoms with Crippen molar-refractivity contribution < 1.29 is 0 Å². The number of fused-ring (bicyclic) bond motifs is 2. The van der Waals surface area contributed by atoms with E-state index in [9.17, 15) is 0 Å². The molecule has 0 bridgehead atoms. The van der Waals surface area contributed by atoms with Crippen molar-refractivity contribution in [2.45, 2.75) is 13.1 Å². The number of hydrogen-bond donors (Lipinski definition) is 0. The van der Waals surface area contributed by atoms with Crippen molar-refractivity contribution in [1.29, 1.82) is 0 Å². The number of benzene rings is 2. The molecule has 19 heavy (non-hydrogen) atoms. The third-order valence-electron chi connectivity index (χ3n) is 3.81. The number of pyridine rings is 1. The van der Waals surface area contributed by atoms with Gasteiger partial charge in [0, 0.05) is 30.4 Å². The molecule has 0 saturated carbocycles. The minimum Gasteiger partial charge on any atom is -0.362 e. The van der Waals surface area contributed by atoms with Gasteiger partial charge in [-0.05, 0) is 23.3 Å². The Labute approximate surface area is 112 Å². The standard InChI is InChI=1S/C17H14N2/c1-2-6-14-12-19(11-13(14)5-1)17-9-10-18-16-8-4-3-7-15(16)17/h1-10H,11-12H2. The zero-order chi connectivity index (χ0) is 12.7. The van der Waals surface area contributed by atoms with Crippen LogP contribution in [0, 0.1) is 0 Å². The third-order valence-corrected chi connectivity index (χ3v) is 3.81. The lowest BCUT2D eigenvalue weighted by molar-refractivity contribution is 0.884. The van der Waals surface area contributed by atoms with Crippen LogP contribution in [0.2, 0.25) is 0 Å². The first kappa shape index (κ1) is 10.6. The van der Waals surface area contributed by atoms with Crippen molar-refractivity contribution in [3.05, 3.63) is 71.9 Å². The van der Waals surface area contributed by atoms with Gasteiger partial charge in [-0.1, -0.05) is 42.5 Å². The molecule has 3 aromatic rings. The summed E-state index contributed by atoms with van der Waals surface area (Å²) in [5, 5.41) is 1.23. The highest BCUT2D eigenvalue weighted by Crippen LogP contribution is 2.32. The topological polar surface area (TPSA) is 16.1 Å². The molecule has 2 heterocycles. The van der Waals surface area contributed by atoms with Gasteiger partial charge in [0.1, 0.15) is 0 Å². The monoisotopic (exact) mass is 246 g/mol. The van der Waals surface area contributed by atoms with Crippen LogP contribution < -0.4 is 4.90 Å². The van der Waals surface area contributed by atoms with Gasteiger partial charge in [-0.15, -0.1) is 0 Å². The van der Waals surface area contributed by atoms with Gasteiger partial charge < -0.3 is 4.90 Å². The molecule has 1 aromatic heterocycles. The second-order valence-electron chi connectivity index (χ2n) is 4.97. The van der Waals surface area contributed by atoms with Crippen LogP contribution in [0.1, 0.15) is 11.1 Å². The van der Waals surface area contributed by atoms with E-state index in [0.29, 0.717) is 0 Å². The molecule has 1 aliphatic heterocycles. The van der Waals surface area contributed by atoms with E-state index in [1.54, 1.807) is 0 Å². The zero-order valence-corrected chi connectivity index (χ0v) is 10.6. The molecule has 4 rings (SSSR count). The van der Waals surface area contributed by atoms with Gasteiger partial charge in [-0.2, -0.15) is 0 Å². The maximum Gasteiger partial charge on any atom is 0.0722 e. The molecule has 0 atom stereocenters. The molecule has 0 spiro atoms. The first-order valence-electron chi connectivity index (χ1n) is 6.57. The summed E-state index contributed by atoms with van der Waals surface area (Å²) in [5.74, 6) is 0. The average Bonchev–Trinajstić information content (AvgIpc) is 2.90. The van der Waals surface area contributed by atoms with Gasteiger partial charge in [0.25, 0.3) is 0 Å². The summed E-state index contributed by atoms with van der Waals surface area (Å²) < 4.78 is 0. The van der Waals surface area contributed by atoms with Crippen LogP contribution in [-0.4, -0.2) is 4.98 Å². The molecule has 0 fully saturated rings. The van der Waals surface area contributed by atoms with Crippen LogP contribution in [0.5, 0.6) is 0 Å². The molecule has 0 N–H and O–H groups in total. The van der Waals surface area contributed by atoms with Crippen molar-refractivity contribution in [2.24, 2.45) is 0 Å². The Bertz CT molecular complexity index is 719. The maximum atomic E-state index is 4.44. The van der Waals surface area contributed by atoms with Crippen molar-refractivity contribution >= 4 is 16.6 Å². The van der Waals surface area contributed by atoms with Crippen LogP contribution in [0.4, 0.5) is 5.69 Å². The average molecular weight is 246 g/mol. The van der Waals surface area contributed by atoms with E-state index in [2.05, 4.69) is 58.4 Å². The van der Waals surface area contributed by atoms with Gasteiger partial charge >= 0.3 is 0 Å². The summed E-state index contributed by atoms with van der Waals surface area (Å²) in [5.41, 5.74) is 5.21. The van der Waals surface area contributed by atoms with Crippen molar-refractivity contribution in [1.82, 2.24) is 4.98 Å². The van der Waals surface area contributed by atoms with Crippen LogP contribution in [0.25, 0.3) is 10.9 Å². The number of hydrogen-bond acceptors (Lipinski definition) is 2. The van der Waals surface area contributed by atoms with E-state index in [1.165, 1.54) is 22.2 Å². The maximum absolute atomic E-state index is 4.44. The van der Waals surface area contributed by atoms with Crippen LogP contribution >= 0.6 is 0 Å². The quantitative estimate of drug-likeness (QED) is 0.650. The van der Waals surface area contributed by atoms with Gasteiger partial charge in [-0.25, -0.2) is 0 Å². The third kappa shape index (κ3) is 1.68. The van der Waals surface area contributed by atoms with Gasteiger partial charge in [0.05, 0.1) is 5.52 Å². The summed E-state index contributed by atoms with van der Waals surface area (Å²) in [7, 11) is 0. The molecule has 2 nitrogen and oxygen atoms in total. The first-order chi connectivity index (χ1) is 9.42. The Hall–Kier alpha value is -2.35. The van der Waals surface area contributed by atoms with Gasteiger partial charge in [0.2, 0.25) is 0 Å². The number of anilines is 1. The predicted molar refractivity (Wildman–Crippen MR) is 78.1 cm³/mol. The van der Waals surface area contributed by atoms with Crippen LogP contribution in [0.15, 0.2) is 60.8 Å². The zero-order valence-electron chi connectivity index (χ0n) is 10.6. The fourth-order valence-electron chi connectivity index (χ4n) is 2.86. The van der Waals surface area contributed by atoms with Crippen molar-refractivity contribution in [3.63, 3.8) is 0 Å². The Morgan fingerprint density at radius 1 is 0.789 bits per heavy atom. The Morgan fingerprint density at radius 3 is 2.26 bits per heavy atom. The Morgan fingerprint density at radius 2 is 1.47 bits per heavy atom. The number of para-hydroxylation sites is 1. The summed E-state index contributed by atoms with van der Waals surface area (Å²) in [6.45, 7) is 1.98. The fraction of sp³-hybridized carbons (Fsp3) is 0.118. The molecular formula is C17H14N2. The predicted octanol–water partition coefficient (Wildman–Crippen LogP) is 3.76. The van der Waals surface area contributed by atoms with E-state index < -0.39 is 0 Å². The highest BCUT2D eigenvalue weighted by atomic mass is 15.1. The molecule has 0 amide bonds. The minimum atomic E-state index is 0.990. The highest BCUT2D eigenvalue weighted by molar-refractivity contribution is 5.91. The molecular weight excluding hydrogens is 232 g/mol. The highest BCUT2D eigenvalue weighted by Gasteiger charge is 2.19. The Kier molecular flexibility index (Phi) is 2.27. The molecule has 2 heteroatoms. The first-order valence-corrected chi connectivity index (χ1v) is 6.57. The summed E-state index contributed by atoms with van der Waals surface area (Å²) in [6.07, 6.45) is 1.90. The second kappa shape index (κ2) is 4.09. The number of aromatic nitrogens is 1. The summed E-state index contributed by atoms with van der Waals surface area (Å²) in [4.78, 5) is 6.86. The molecule has 1 aliphatic rings. The molecule has 0 aliphatic carbocycles. The smallest absolute Gasteiger partial charge is 0.0722 e. The van der Waals surface area contributed by atoms with Crippen molar-refractivity contribution in [2.75, 3.05) is 4.90 Å². The van der Waals surface area contributed by atoms with Crippen LogP contribution in [-0.2, 0) is 13.1 Å². The van der Waals surface area contributed by atoms with Gasteiger partial charge in [-0.3, -0.25) is 4.98 Å². The van der Waals surface area contributed by atoms with Gasteiger partial charge in [0.15, 0.2) is 0 Å². The largest absolute Gasteiger partial charge is 0.362 e. The lowest BCUT2D eigenvalue weighted by Crippen LogP contribution is -2.14. The number of nitrogens with zero attached hydrogens (tertiary/aromatic N) is 2. The Balaban J connectivity index is 1.81. The normalized spacial score (nSPS) is 13.8. The lowest BCUT2D eigenvalue weighted by Gasteiger charge is -2.19. The number of rotatable bonds is 1. The molecule has 0 radical (unpaired) electrons. The summed E-state index contributed by atoms with van der Waals surface area (Å²) in [6, 6.07) is 19.1. The van der Waals surface area contributed by atoms with E-state index in [1.807, 2.05) is 12.3 Å². The van der Waals surface area contributed by atoms with E-state index in [4.69, 9.17) is 0 Å². The molecule has 2 aromatic carbocycles. The second-order valence-corrected chi connectivity index (χ2v) is 4.97. The van der Waals surface area contributed by atoms with Crippen LogP contribution in [0.3, 0.4) is 0 Å². The molecule has 0 unspecified atom stereocenters. The van der Waals surface area contributed by atoms with E-state index in [-0.39, 0.29) is 0 Å². The summed E-state index contributed by atoms with van der Waals surface area (Å²) >= 11 is 0. The lowest BCUT2D eigenvalue weighted by atomic mass is 10.1. The molecule has 0 saturated heterocycles. The van der Waals surface area contributed by atoms with E-state index in [0.717, 1.165) is 18.6 Å². The minimum absolute atomic E-state index is 0.990. The fourth-order valence-corrected chi connectivity index (χ4v) is 2.86. The molecule has 92 valence electrons. The SMILES string of the molecule is c1ccc2c(c1)CN(c1ccnc3ccccc13)C2. The van der Waals surface area contributed by atoms with E-state index >= 15 is 0 Å².